The van der Waals surface area contributed by atoms with Crippen molar-refractivity contribution in [2.75, 3.05) is 17.4 Å². The number of aromatic nitrogens is 1. The highest BCUT2D eigenvalue weighted by atomic mass is 32.2. The molecule has 1 atom stereocenters. The molecule has 1 fully saturated rings. The highest BCUT2D eigenvalue weighted by Crippen LogP contribution is 2.27. The van der Waals surface area contributed by atoms with Crippen LogP contribution in [0.15, 0.2) is 30.6 Å². The summed E-state index contributed by atoms with van der Waals surface area (Å²) < 4.78 is 28.2. The molecule has 1 aromatic carbocycles. The summed E-state index contributed by atoms with van der Waals surface area (Å²) in [5, 5.41) is 10.6. The van der Waals surface area contributed by atoms with Gasteiger partial charge in [-0.25, -0.2) is 0 Å². The first kappa shape index (κ1) is 13.8. The van der Waals surface area contributed by atoms with Crippen LogP contribution in [0.5, 0.6) is 0 Å². The maximum absolute atomic E-state index is 12.1. The van der Waals surface area contributed by atoms with Crippen LogP contribution in [0.3, 0.4) is 0 Å². The summed E-state index contributed by atoms with van der Waals surface area (Å²) in [5.41, 5.74) is 1.06. The molecule has 1 saturated heterocycles. The number of benzene rings is 1. The summed E-state index contributed by atoms with van der Waals surface area (Å²) in [7, 11) is -3.50. The van der Waals surface area contributed by atoms with E-state index in [1.54, 1.807) is 24.4 Å². The second kappa shape index (κ2) is 4.98. The van der Waals surface area contributed by atoms with E-state index < -0.39 is 10.2 Å². The van der Waals surface area contributed by atoms with Gasteiger partial charge in [0.2, 0.25) is 0 Å². The Labute approximate surface area is 123 Å². The quantitative estimate of drug-likeness (QED) is 0.862. The zero-order valence-electron chi connectivity index (χ0n) is 11.4. The van der Waals surface area contributed by atoms with Gasteiger partial charge in [0.05, 0.1) is 11.3 Å². The maximum Gasteiger partial charge on any atom is 0.301 e. The summed E-state index contributed by atoms with van der Waals surface area (Å²) in [6, 6.07) is 7.32. The molecule has 0 amide bonds. The molecule has 0 saturated carbocycles. The number of hydrogen-bond donors (Lipinski definition) is 1. The van der Waals surface area contributed by atoms with Gasteiger partial charge in [0.1, 0.15) is 6.07 Å². The molecule has 7 heteroatoms. The summed E-state index contributed by atoms with van der Waals surface area (Å²) >= 11 is 0. The second-order valence-corrected chi connectivity index (χ2v) is 6.87. The van der Waals surface area contributed by atoms with Crippen LogP contribution in [-0.4, -0.2) is 26.5 Å². The van der Waals surface area contributed by atoms with Crippen molar-refractivity contribution >= 4 is 26.7 Å². The van der Waals surface area contributed by atoms with E-state index in [0.717, 1.165) is 10.8 Å². The summed E-state index contributed by atoms with van der Waals surface area (Å²) in [5.74, 6) is 0.229. The van der Waals surface area contributed by atoms with Gasteiger partial charge in [0, 0.05) is 36.3 Å². The fourth-order valence-corrected chi connectivity index (χ4v) is 3.92. The lowest BCUT2D eigenvalue weighted by molar-refractivity contribution is 0.506. The molecular formula is C14H14N4O2S. The number of nitriles is 1. The SMILES string of the molecule is C[C@@H]1CNS(=O)(=O)N(c2ccc3c(C#N)cncc3c2)C1. The Hall–Kier alpha value is -2.17. The van der Waals surface area contributed by atoms with E-state index in [2.05, 4.69) is 15.8 Å². The lowest BCUT2D eigenvalue weighted by atomic mass is 10.1. The van der Waals surface area contributed by atoms with Gasteiger partial charge in [-0.3, -0.25) is 9.29 Å². The molecule has 0 spiro atoms. The Morgan fingerprint density at radius 2 is 2.24 bits per heavy atom. The Bertz CT molecular complexity index is 842. The third-order valence-corrected chi connectivity index (χ3v) is 5.00. The Morgan fingerprint density at radius 1 is 1.43 bits per heavy atom. The highest BCUT2D eigenvalue weighted by Gasteiger charge is 2.29. The van der Waals surface area contributed by atoms with E-state index in [-0.39, 0.29) is 5.92 Å². The predicted octanol–water partition coefficient (Wildman–Crippen LogP) is 1.40. The van der Waals surface area contributed by atoms with Crippen LogP contribution in [0, 0.1) is 17.2 Å². The fraction of sp³-hybridized carbons (Fsp3) is 0.286. The van der Waals surface area contributed by atoms with Crippen molar-refractivity contribution in [2.24, 2.45) is 5.92 Å². The third-order valence-electron chi connectivity index (χ3n) is 3.53. The largest absolute Gasteiger partial charge is 0.301 e. The minimum Gasteiger partial charge on any atom is -0.263 e. The smallest absolute Gasteiger partial charge is 0.263 e. The minimum absolute atomic E-state index is 0.229. The van der Waals surface area contributed by atoms with Crippen LogP contribution in [0.2, 0.25) is 0 Å². The molecular weight excluding hydrogens is 288 g/mol. The number of fused-ring (bicyclic) bond motifs is 1. The van der Waals surface area contributed by atoms with Crippen molar-refractivity contribution in [1.82, 2.24) is 9.71 Å². The van der Waals surface area contributed by atoms with Crippen molar-refractivity contribution in [3.05, 3.63) is 36.2 Å². The first-order chi connectivity index (χ1) is 10.0. The van der Waals surface area contributed by atoms with Gasteiger partial charge >= 0.3 is 10.2 Å². The van der Waals surface area contributed by atoms with Crippen LogP contribution < -0.4 is 9.03 Å². The van der Waals surface area contributed by atoms with Crippen molar-refractivity contribution in [2.45, 2.75) is 6.92 Å². The van der Waals surface area contributed by atoms with Crippen LogP contribution >= 0.6 is 0 Å². The standard InChI is InChI=1S/C14H14N4O2S/c1-10-6-17-21(19,20)18(9-10)13-2-3-14-11(4-13)7-16-8-12(14)5-15/h2-4,7-8,10,17H,6,9H2,1H3/t10-/m1/s1. The number of hydrogen-bond acceptors (Lipinski definition) is 4. The molecule has 6 nitrogen and oxygen atoms in total. The molecule has 1 aliphatic rings. The molecule has 1 aromatic heterocycles. The van der Waals surface area contributed by atoms with Crippen LogP contribution in [0.4, 0.5) is 5.69 Å². The first-order valence-corrected chi connectivity index (χ1v) is 8.00. The van der Waals surface area contributed by atoms with Crippen molar-refractivity contribution in [1.29, 1.82) is 5.26 Å². The van der Waals surface area contributed by atoms with E-state index in [1.165, 1.54) is 10.5 Å². The Morgan fingerprint density at radius 3 is 3.00 bits per heavy atom. The van der Waals surface area contributed by atoms with Gasteiger partial charge < -0.3 is 0 Å². The number of pyridine rings is 1. The zero-order valence-corrected chi connectivity index (χ0v) is 12.3. The molecule has 0 unspecified atom stereocenters. The lowest BCUT2D eigenvalue weighted by Crippen LogP contribution is -2.50. The van der Waals surface area contributed by atoms with Crippen molar-refractivity contribution in [3.8, 4) is 6.07 Å². The monoisotopic (exact) mass is 302 g/mol. The minimum atomic E-state index is -3.50. The van der Waals surface area contributed by atoms with E-state index >= 15 is 0 Å². The van der Waals surface area contributed by atoms with E-state index in [9.17, 15) is 8.42 Å². The van der Waals surface area contributed by atoms with Crippen molar-refractivity contribution < 1.29 is 8.42 Å². The summed E-state index contributed by atoms with van der Waals surface area (Å²) in [6.45, 7) is 2.88. The second-order valence-electron chi connectivity index (χ2n) is 5.19. The molecule has 1 aliphatic heterocycles. The highest BCUT2D eigenvalue weighted by molar-refractivity contribution is 7.90. The molecule has 21 heavy (non-hydrogen) atoms. The molecule has 1 N–H and O–H groups in total. The average molecular weight is 302 g/mol. The molecule has 0 radical (unpaired) electrons. The maximum atomic E-state index is 12.1. The number of anilines is 1. The van der Waals surface area contributed by atoms with Crippen LogP contribution in [-0.2, 0) is 10.2 Å². The topological polar surface area (TPSA) is 86.1 Å². The molecule has 2 heterocycles. The first-order valence-electron chi connectivity index (χ1n) is 6.56. The van der Waals surface area contributed by atoms with Gasteiger partial charge in [-0.2, -0.15) is 18.4 Å². The summed E-state index contributed by atoms with van der Waals surface area (Å²) in [4.78, 5) is 4.02. The molecule has 0 aliphatic carbocycles. The molecule has 108 valence electrons. The van der Waals surface area contributed by atoms with E-state index in [4.69, 9.17) is 5.26 Å². The van der Waals surface area contributed by atoms with E-state index in [0.29, 0.717) is 24.3 Å². The van der Waals surface area contributed by atoms with Gasteiger partial charge in [-0.05, 0) is 18.1 Å². The molecule has 2 aromatic rings. The fourth-order valence-electron chi connectivity index (χ4n) is 2.42. The lowest BCUT2D eigenvalue weighted by Gasteiger charge is -2.32. The van der Waals surface area contributed by atoms with Crippen LogP contribution in [0.25, 0.3) is 10.8 Å². The number of rotatable bonds is 1. The molecule has 0 bridgehead atoms. The normalized spacial score (nSPS) is 21.1. The molecule has 3 rings (SSSR count). The van der Waals surface area contributed by atoms with Gasteiger partial charge in [0.25, 0.3) is 0 Å². The number of nitrogens with one attached hydrogen (secondary N) is 1. The van der Waals surface area contributed by atoms with Gasteiger partial charge in [-0.1, -0.05) is 13.0 Å². The predicted molar refractivity (Wildman–Crippen MR) is 79.9 cm³/mol. The summed E-state index contributed by atoms with van der Waals surface area (Å²) in [6.07, 6.45) is 3.14. The van der Waals surface area contributed by atoms with Gasteiger partial charge in [0.15, 0.2) is 0 Å². The average Bonchev–Trinajstić information content (AvgIpc) is 2.48. The number of nitrogens with zero attached hydrogens (tertiary/aromatic N) is 3. The Kier molecular flexibility index (Phi) is 3.27. The van der Waals surface area contributed by atoms with Crippen molar-refractivity contribution in [3.63, 3.8) is 0 Å². The van der Waals surface area contributed by atoms with E-state index in [1.807, 2.05) is 6.92 Å². The zero-order chi connectivity index (χ0) is 15.0. The van der Waals surface area contributed by atoms with Crippen LogP contribution in [0.1, 0.15) is 12.5 Å². The Balaban J connectivity index is 2.11. The van der Waals surface area contributed by atoms with Gasteiger partial charge in [-0.15, -0.1) is 0 Å². The third kappa shape index (κ3) is 2.44.